The fourth-order valence-electron chi connectivity index (χ4n) is 2.20. The van der Waals surface area contributed by atoms with Crippen LogP contribution in [0.4, 0.5) is 5.69 Å². The minimum absolute atomic E-state index is 0.00368. The molecule has 0 aromatic heterocycles. The minimum Gasteiger partial charge on any atom is -0.495 e. The fraction of sp³-hybridized carbons (Fsp3) is 0.235. The number of nitrogens with one attached hydrogen (secondary N) is 1. The topological polar surface area (TPSA) is 110 Å². The van der Waals surface area contributed by atoms with E-state index >= 15 is 0 Å². The van der Waals surface area contributed by atoms with Crippen molar-refractivity contribution in [1.82, 2.24) is 4.31 Å². The highest BCUT2D eigenvalue weighted by molar-refractivity contribution is 7.90. The number of ether oxygens (including phenoxy) is 1. The van der Waals surface area contributed by atoms with E-state index in [0.717, 1.165) is 10.6 Å². The number of carbonyl (C=O) groups is 1. The Labute approximate surface area is 158 Å². The third-order valence-electron chi connectivity index (χ3n) is 3.74. The lowest BCUT2D eigenvalue weighted by Gasteiger charge is -2.15. The first-order valence-electron chi connectivity index (χ1n) is 7.69. The van der Waals surface area contributed by atoms with E-state index in [1.54, 1.807) is 0 Å². The van der Waals surface area contributed by atoms with Gasteiger partial charge in [-0.25, -0.2) is 21.1 Å². The second-order valence-electron chi connectivity index (χ2n) is 5.90. The minimum atomic E-state index is -3.69. The first-order valence-corrected chi connectivity index (χ1v) is 11.0. The summed E-state index contributed by atoms with van der Waals surface area (Å²) in [5.41, 5.74) is 0.392. The molecule has 0 unspecified atom stereocenters. The number of carbonyl (C=O) groups excluding carboxylic acids is 1. The molecule has 0 saturated carbocycles. The van der Waals surface area contributed by atoms with Gasteiger partial charge in [-0.2, -0.15) is 0 Å². The predicted octanol–water partition coefficient (Wildman–Crippen LogP) is 1.60. The molecule has 10 heteroatoms. The normalized spacial score (nSPS) is 12.0. The smallest absolute Gasteiger partial charge is 0.255 e. The van der Waals surface area contributed by atoms with Crippen molar-refractivity contribution in [3.05, 3.63) is 48.0 Å². The summed E-state index contributed by atoms with van der Waals surface area (Å²) >= 11 is 0. The van der Waals surface area contributed by atoms with Crippen LogP contribution in [0.1, 0.15) is 10.4 Å². The summed E-state index contributed by atoms with van der Waals surface area (Å²) in [6, 6.07) is 9.53. The molecule has 2 rings (SSSR count). The molecular formula is C17H20N2O6S2. The van der Waals surface area contributed by atoms with Gasteiger partial charge in [0.1, 0.15) is 5.75 Å². The maximum atomic E-state index is 12.5. The first-order chi connectivity index (χ1) is 12.5. The highest BCUT2D eigenvalue weighted by Crippen LogP contribution is 2.29. The van der Waals surface area contributed by atoms with Gasteiger partial charge in [-0.1, -0.05) is 0 Å². The van der Waals surface area contributed by atoms with Crippen LogP contribution in [-0.4, -0.2) is 54.5 Å². The molecule has 2 aromatic carbocycles. The number of nitrogens with zero attached hydrogens (tertiary/aromatic N) is 1. The maximum absolute atomic E-state index is 12.5. The van der Waals surface area contributed by atoms with Gasteiger partial charge in [-0.15, -0.1) is 0 Å². The van der Waals surface area contributed by atoms with Crippen LogP contribution in [0.2, 0.25) is 0 Å². The number of hydrogen-bond acceptors (Lipinski definition) is 6. The monoisotopic (exact) mass is 412 g/mol. The van der Waals surface area contributed by atoms with Crippen molar-refractivity contribution in [3.63, 3.8) is 0 Å². The van der Waals surface area contributed by atoms with Crippen LogP contribution < -0.4 is 10.1 Å². The summed E-state index contributed by atoms with van der Waals surface area (Å²) in [5, 5.41) is 2.59. The number of benzene rings is 2. The SMILES string of the molecule is COc1ccc(S(=O)(=O)N(C)C)cc1NC(=O)c1ccc(S(C)(=O)=O)cc1. The zero-order chi connectivity index (χ0) is 20.4. The lowest BCUT2D eigenvalue weighted by atomic mass is 10.2. The van der Waals surface area contributed by atoms with Crippen LogP contribution in [0.3, 0.4) is 0 Å². The Morgan fingerprint density at radius 3 is 2.00 bits per heavy atom. The molecule has 0 heterocycles. The summed E-state index contributed by atoms with van der Waals surface area (Å²) < 4.78 is 53.8. The largest absolute Gasteiger partial charge is 0.495 e. The summed E-state index contributed by atoms with van der Waals surface area (Å²) in [6.07, 6.45) is 1.07. The summed E-state index contributed by atoms with van der Waals surface area (Å²) in [7, 11) is -2.85. The number of methoxy groups -OCH3 is 1. The molecule has 0 aliphatic rings. The van der Waals surface area contributed by atoms with Crippen molar-refractivity contribution >= 4 is 31.5 Å². The van der Waals surface area contributed by atoms with Gasteiger partial charge >= 0.3 is 0 Å². The zero-order valence-electron chi connectivity index (χ0n) is 15.3. The van der Waals surface area contributed by atoms with E-state index in [2.05, 4.69) is 5.32 Å². The van der Waals surface area contributed by atoms with E-state index < -0.39 is 25.8 Å². The van der Waals surface area contributed by atoms with Crippen LogP contribution in [0.5, 0.6) is 5.75 Å². The third-order valence-corrected chi connectivity index (χ3v) is 6.68. The highest BCUT2D eigenvalue weighted by Gasteiger charge is 2.20. The van der Waals surface area contributed by atoms with Crippen LogP contribution in [-0.2, 0) is 19.9 Å². The molecule has 146 valence electrons. The predicted molar refractivity (Wildman–Crippen MR) is 101 cm³/mol. The Balaban J connectivity index is 2.37. The second-order valence-corrected chi connectivity index (χ2v) is 10.1. The second kappa shape index (κ2) is 7.67. The van der Waals surface area contributed by atoms with Crippen molar-refractivity contribution < 1.29 is 26.4 Å². The molecular weight excluding hydrogens is 392 g/mol. The standard InChI is InChI=1S/C17H20N2O6S2/c1-19(2)27(23,24)14-9-10-16(25-3)15(11-14)18-17(20)12-5-7-13(8-6-12)26(4,21)22/h5-11H,1-4H3,(H,18,20). The van der Waals surface area contributed by atoms with Crippen molar-refractivity contribution in [3.8, 4) is 5.75 Å². The molecule has 0 aliphatic carbocycles. The van der Waals surface area contributed by atoms with Crippen molar-refractivity contribution in [2.75, 3.05) is 32.8 Å². The average Bonchev–Trinajstić information content (AvgIpc) is 2.60. The lowest BCUT2D eigenvalue weighted by Crippen LogP contribution is -2.22. The number of amides is 1. The van der Waals surface area contributed by atoms with E-state index in [9.17, 15) is 21.6 Å². The average molecular weight is 412 g/mol. The molecule has 2 aromatic rings. The molecule has 1 N–H and O–H groups in total. The van der Waals surface area contributed by atoms with E-state index in [1.165, 1.54) is 63.7 Å². The van der Waals surface area contributed by atoms with E-state index in [0.29, 0.717) is 0 Å². The van der Waals surface area contributed by atoms with Gasteiger partial charge < -0.3 is 10.1 Å². The molecule has 0 saturated heterocycles. The van der Waals surface area contributed by atoms with Crippen molar-refractivity contribution in [2.24, 2.45) is 0 Å². The molecule has 8 nitrogen and oxygen atoms in total. The van der Waals surface area contributed by atoms with Gasteiger partial charge in [0.05, 0.1) is 22.6 Å². The summed E-state index contributed by atoms with van der Waals surface area (Å²) in [5.74, 6) is -0.249. The number of sulfone groups is 1. The fourth-order valence-corrected chi connectivity index (χ4v) is 3.76. The Kier molecular flexibility index (Phi) is 5.93. The molecule has 0 atom stereocenters. The van der Waals surface area contributed by atoms with E-state index in [1.807, 2.05) is 0 Å². The van der Waals surface area contributed by atoms with Crippen LogP contribution in [0, 0.1) is 0 Å². The van der Waals surface area contributed by atoms with Crippen molar-refractivity contribution in [2.45, 2.75) is 9.79 Å². The van der Waals surface area contributed by atoms with Gasteiger partial charge in [0, 0.05) is 25.9 Å². The Hall–Kier alpha value is -2.43. The summed E-state index contributed by atoms with van der Waals surface area (Å²) in [4.78, 5) is 12.6. The molecule has 0 radical (unpaired) electrons. The van der Waals surface area contributed by atoms with Crippen molar-refractivity contribution in [1.29, 1.82) is 0 Å². The van der Waals surface area contributed by atoms with E-state index in [-0.39, 0.29) is 26.8 Å². The Morgan fingerprint density at radius 2 is 1.52 bits per heavy atom. The van der Waals surface area contributed by atoms with Crippen LogP contribution in [0.15, 0.2) is 52.3 Å². The van der Waals surface area contributed by atoms with E-state index in [4.69, 9.17) is 4.74 Å². The highest BCUT2D eigenvalue weighted by atomic mass is 32.2. The third kappa shape index (κ3) is 4.65. The van der Waals surface area contributed by atoms with Gasteiger partial charge in [0.2, 0.25) is 10.0 Å². The molecule has 0 spiro atoms. The summed E-state index contributed by atoms with van der Waals surface area (Å²) in [6.45, 7) is 0. The van der Waals surface area contributed by atoms with Gasteiger partial charge in [-0.05, 0) is 42.5 Å². The molecule has 27 heavy (non-hydrogen) atoms. The van der Waals surface area contributed by atoms with Gasteiger partial charge in [0.15, 0.2) is 9.84 Å². The molecule has 1 amide bonds. The Bertz CT molecular complexity index is 1060. The van der Waals surface area contributed by atoms with Gasteiger partial charge in [0.25, 0.3) is 5.91 Å². The molecule has 0 aliphatic heterocycles. The number of anilines is 1. The Morgan fingerprint density at radius 1 is 0.963 bits per heavy atom. The van der Waals surface area contributed by atoms with Crippen LogP contribution >= 0.6 is 0 Å². The number of rotatable bonds is 6. The number of hydrogen-bond donors (Lipinski definition) is 1. The molecule has 0 fully saturated rings. The quantitative estimate of drug-likeness (QED) is 0.772. The first kappa shape index (κ1) is 20.9. The number of sulfonamides is 1. The maximum Gasteiger partial charge on any atom is 0.255 e. The van der Waals surface area contributed by atoms with Crippen LogP contribution in [0.25, 0.3) is 0 Å². The lowest BCUT2D eigenvalue weighted by molar-refractivity contribution is 0.102. The molecule has 0 bridgehead atoms. The van der Waals surface area contributed by atoms with Gasteiger partial charge in [-0.3, -0.25) is 4.79 Å². The zero-order valence-corrected chi connectivity index (χ0v) is 16.9.